The van der Waals surface area contributed by atoms with E-state index >= 15 is 0 Å². The summed E-state index contributed by atoms with van der Waals surface area (Å²) in [6, 6.07) is 10.4. The topological polar surface area (TPSA) is 136 Å². The Morgan fingerprint density at radius 1 is 1.09 bits per heavy atom. The van der Waals surface area contributed by atoms with Crippen molar-refractivity contribution in [2.24, 2.45) is 0 Å². The van der Waals surface area contributed by atoms with Gasteiger partial charge < -0.3 is 26.6 Å². The van der Waals surface area contributed by atoms with Gasteiger partial charge in [-0.15, -0.1) is 11.3 Å². The van der Waals surface area contributed by atoms with E-state index in [1.807, 2.05) is 18.2 Å². The number of rotatable bonds is 11. The molecule has 8 nitrogen and oxygen atoms in total. The van der Waals surface area contributed by atoms with Crippen LogP contribution in [0.4, 0.5) is 11.5 Å². The molecule has 9 heteroatoms. The lowest BCUT2D eigenvalue weighted by molar-refractivity contribution is 0.0950. The Kier molecular flexibility index (Phi) is 7.87. The molecule has 184 valence electrons. The molecule has 0 unspecified atom stereocenters. The second-order valence-corrected chi connectivity index (χ2v) is 9.59. The molecule has 0 saturated carbocycles. The Morgan fingerprint density at radius 2 is 1.91 bits per heavy atom. The molecule has 0 radical (unpaired) electrons. The standard InChI is InChI=1S/C26H31N5O3S/c1-2-7-22-31-23-24(35-22)18-11-9-17(15-20(18)30-25(23)28)34-13-6-4-3-5-12-29-26(33)19-10-8-16(27)14-21(19)32/h8-11,14-15,32H,2-7,12-13,27H2,1H3,(H2,28,30)(H,29,33). The van der Waals surface area contributed by atoms with Gasteiger partial charge in [0.2, 0.25) is 0 Å². The molecule has 0 saturated heterocycles. The van der Waals surface area contributed by atoms with Crippen LogP contribution < -0.4 is 21.5 Å². The van der Waals surface area contributed by atoms with Gasteiger partial charge in [-0.2, -0.15) is 0 Å². The number of benzene rings is 2. The van der Waals surface area contributed by atoms with Crippen molar-refractivity contribution in [3.63, 3.8) is 0 Å². The van der Waals surface area contributed by atoms with Crippen LogP contribution in [0.2, 0.25) is 0 Å². The smallest absolute Gasteiger partial charge is 0.255 e. The number of thiazole rings is 1. The lowest BCUT2D eigenvalue weighted by Crippen LogP contribution is -2.24. The molecule has 0 aliphatic carbocycles. The van der Waals surface area contributed by atoms with Gasteiger partial charge in [0.1, 0.15) is 17.0 Å². The molecule has 2 aromatic heterocycles. The fourth-order valence-electron chi connectivity index (χ4n) is 3.92. The van der Waals surface area contributed by atoms with Gasteiger partial charge in [0.05, 0.1) is 27.4 Å². The molecule has 2 aromatic carbocycles. The molecule has 4 rings (SSSR count). The highest BCUT2D eigenvalue weighted by molar-refractivity contribution is 7.19. The van der Waals surface area contributed by atoms with Crippen LogP contribution in [0.3, 0.4) is 0 Å². The van der Waals surface area contributed by atoms with Crippen molar-refractivity contribution < 1.29 is 14.6 Å². The first-order valence-electron chi connectivity index (χ1n) is 11.9. The number of anilines is 2. The number of unbranched alkanes of at least 4 members (excludes halogenated alkanes) is 3. The number of ether oxygens (including phenoxy) is 1. The largest absolute Gasteiger partial charge is 0.507 e. The van der Waals surface area contributed by atoms with Crippen LogP contribution in [0.15, 0.2) is 36.4 Å². The van der Waals surface area contributed by atoms with Crippen LogP contribution in [0.25, 0.3) is 21.1 Å². The van der Waals surface area contributed by atoms with E-state index in [4.69, 9.17) is 16.2 Å². The maximum Gasteiger partial charge on any atom is 0.255 e. The van der Waals surface area contributed by atoms with Crippen LogP contribution in [0.5, 0.6) is 11.5 Å². The van der Waals surface area contributed by atoms with E-state index in [9.17, 15) is 9.90 Å². The molecule has 4 aromatic rings. The van der Waals surface area contributed by atoms with E-state index < -0.39 is 0 Å². The number of aromatic hydroxyl groups is 1. The number of amides is 1. The first kappa shape index (κ1) is 24.5. The van der Waals surface area contributed by atoms with Crippen molar-refractivity contribution in [3.05, 3.63) is 47.0 Å². The van der Waals surface area contributed by atoms with Crippen molar-refractivity contribution in [1.29, 1.82) is 0 Å². The number of hydrogen-bond acceptors (Lipinski definition) is 8. The lowest BCUT2D eigenvalue weighted by Gasteiger charge is -2.09. The van der Waals surface area contributed by atoms with Crippen LogP contribution in [0.1, 0.15) is 54.4 Å². The number of nitrogens with two attached hydrogens (primary N) is 2. The number of pyridine rings is 1. The Bertz CT molecular complexity index is 1340. The van der Waals surface area contributed by atoms with Gasteiger partial charge >= 0.3 is 0 Å². The van der Waals surface area contributed by atoms with Crippen molar-refractivity contribution in [2.75, 3.05) is 24.6 Å². The number of hydrogen-bond donors (Lipinski definition) is 4. The average molecular weight is 494 g/mol. The summed E-state index contributed by atoms with van der Waals surface area (Å²) in [7, 11) is 0. The first-order chi connectivity index (χ1) is 17.0. The average Bonchev–Trinajstić information content (AvgIpc) is 3.25. The van der Waals surface area contributed by atoms with E-state index in [-0.39, 0.29) is 17.2 Å². The van der Waals surface area contributed by atoms with E-state index in [1.165, 1.54) is 12.1 Å². The number of fused-ring (bicyclic) bond motifs is 3. The zero-order valence-electron chi connectivity index (χ0n) is 19.8. The Morgan fingerprint density at radius 3 is 2.71 bits per heavy atom. The minimum Gasteiger partial charge on any atom is -0.507 e. The predicted octanol–water partition coefficient (Wildman–Crippen LogP) is 5.04. The summed E-state index contributed by atoms with van der Waals surface area (Å²) >= 11 is 1.69. The van der Waals surface area contributed by atoms with Crippen molar-refractivity contribution in [2.45, 2.75) is 45.4 Å². The number of nitrogens with zero attached hydrogens (tertiary/aromatic N) is 2. The monoisotopic (exact) mass is 493 g/mol. The molecular weight excluding hydrogens is 462 g/mol. The minimum atomic E-state index is -0.298. The van der Waals surface area contributed by atoms with E-state index in [2.05, 4.69) is 22.2 Å². The van der Waals surface area contributed by atoms with Crippen molar-refractivity contribution in [3.8, 4) is 11.5 Å². The van der Waals surface area contributed by atoms with Gasteiger partial charge in [-0.25, -0.2) is 9.97 Å². The van der Waals surface area contributed by atoms with E-state index in [1.54, 1.807) is 17.4 Å². The van der Waals surface area contributed by atoms with Crippen LogP contribution in [0, 0.1) is 0 Å². The number of nitrogens with one attached hydrogen (secondary N) is 1. The summed E-state index contributed by atoms with van der Waals surface area (Å²) in [5, 5.41) is 14.8. The SMILES string of the molecule is CCCc1nc2c(N)nc3cc(OCCCCCCNC(=O)c4ccc(N)cc4O)ccc3c2s1. The number of phenolic OH excluding ortho intramolecular Hbond substituents is 1. The van der Waals surface area contributed by atoms with Gasteiger partial charge in [-0.1, -0.05) is 19.8 Å². The quantitative estimate of drug-likeness (QED) is 0.170. The van der Waals surface area contributed by atoms with Gasteiger partial charge in [-0.05, 0) is 49.9 Å². The number of phenols is 1. The van der Waals surface area contributed by atoms with Crippen LogP contribution in [-0.4, -0.2) is 34.1 Å². The highest BCUT2D eigenvalue weighted by Gasteiger charge is 2.13. The number of aromatic nitrogens is 2. The number of carbonyl (C=O) groups is 1. The molecular formula is C26H31N5O3S. The van der Waals surface area contributed by atoms with Gasteiger partial charge in [0.15, 0.2) is 5.82 Å². The molecule has 1 amide bonds. The summed E-state index contributed by atoms with van der Waals surface area (Å²) in [6.45, 7) is 3.30. The predicted molar refractivity (Wildman–Crippen MR) is 142 cm³/mol. The fraction of sp³-hybridized carbons (Fsp3) is 0.346. The highest BCUT2D eigenvalue weighted by atomic mass is 32.1. The van der Waals surface area contributed by atoms with Gasteiger partial charge in [-0.3, -0.25) is 4.79 Å². The summed E-state index contributed by atoms with van der Waals surface area (Å²) < 4.78 is 7.02. The van der Waals surface area contributed by atoms with Crippen molar-refractivity contribution in [1.82, 2.24) is 15.3 Å². The molecule has 0 spiro atoms. The maximum atomic E-state index is 12.1. The maximum absolute atomic E-state index is 12.1. The summed E-state index contributed by atoms with van der Waals surface area (Å²) in [5.41, 5.74) is 14.0. The highest BCUT2D eigenvalue weighted by Crippen LogP contribution is 2.34. The van der Waals surface area contributed by atoms with Gasteiger partial charge in [0, 0.05) is 29.8 Å². The first-order valence-corrected chi connectivity index (χ1v) is 12.8. The zero-order chi connectivity index (χ0) is 24.8. The fourth-order valence-corrected chi connectivity index (χ4v) is 5.13. The third-order valence-corrected chi connectivity index (χ3v) is 6.87. The van der Waals surface area contributed by atoms with Crippen LogP contribution in [-0.2, 0) is 6.42 Å². The molecule has 6 N–H and O–H groups in total. The minimum absolute atomic E-state index is 0.107. The van der Waals surface area contributed by atoms with Crippen LogP contribution >= 0.6 is 11.3 Å². The molecule has 0 aliphatic heterocycles. The van der Waals surface area contributed by atoms with Gasteiger partial charge in [0.25, 0.3) is 5.91 Å². The number of nitrogen functional groups attached to an aromatic ring is 2. The normalized spacial score (nSPS) is 11.2. The molecule has 0 bridgehead atoms. The lowest BCUT2D eigenvalue weighted by atomic mass is 10.1. The molecule has 35 heavy (non-hydrogen) atoms. The number of carbonyl (C=O) groups excluding carboxylic acids is 1. The second-order valence-electron chi connectivity index (χ2n) is 8.51. The second kappa shape index (κ2) is 11.2. The molecule has 0 fully saturated rings. The Hall–Kier alpha value is -3.59. The third kappa shape index (κ3) is 5.92. The van der Waals surface area contributed by atoms with Crippen molar-refractivity contribution >= 4 is 49.9 Å². The zero-order valence-corrected chi connectivity index (χ0v) is 20.7. The van der Waals surface area contributed by atoms with E-state index in [0.717, 1.165) is 70.4 Å². The molecule has 2 heterocycles. The van der Waals surface area contributed by atoms with E-state index in [0.29, 0.717) is 24.7 Å². The summed E-state index contributed by atoms with van der Waals surface area (Å²) in [5.74, 6) is 0.831. The molecule has 0 atom stereocenters. The summed E-state index contributed by atoms with van der Waals surface area (Å²) in [6.07, 6.45) is 5.71. The molecule has 0 aliphatic rings. The summed E-state index contributed by atoms with van der Waals surface area (Å²) in [4.78, 5) is 21.3. The third-order valence-electron chi connectivity index (χ3n) is 5.72. The number of aryl methyl sites for hydroxylation is 1. The Labute approximate surface area is 208 Å². The Balaban J connectivity index is 1.21.